The van der Waals surface area contributed by atoms with E-state index in [0.29, 0.717) is 35.9 Å². The van der Waals surface area contributed by atoms with Crippen LogP contribution in [0.3, 0.4) is 0 Å². The van der Waals surface area contributed by atoms with Gasteiger partial charge < -0.3 is 26.7 Å². The number of fused-ring (bicyclic) bond motifs is 1. The monoisotopic (exact) mass is 778 g/mol. The third kappa shape index (κ3) is 13.6. The Morgan fingerprint density at radius 1 is 0.517 bits per heavy atom. The minimum absolute atomic E-state index is 0.0814. The van der Waals surface area contributed by atoms with E-state index in [9.17, 15) is 19.5 Å². The number of carboxylic acid groups (broad SMARTS) is 1. The van der Waals surface area contributed by atoms with E-state index < -0.39 is 5.97 Å². The lowest BCUT2D eigenvalue weighted by Crippen LogP contribution is -2.51. The van der Waals surface area contributed by atoms with Gasteiger partial charge in [-0.15, -0.1) is 0 Å². The molecule has 58 heavy (non-hydrogen) atoms. The maximum absolute atomic E-state index is 13.3. The Labute approximate surface area is 344 Å². The molecular weight excluding hydrogens is 719 g/mol. The van der Waals surface area contributed by atoms with Gasteiger partial charge in [0.1, 0.15) is 0 Å². The average Bonchev–Trinajstić information content (AvgIpc) is 3.18. The van der Waals surface area contributed by atoms with Gasteiger partial charge >= 0.3 is 0 Å². The summed E-state index contributed by atoms with van der Waals surface area (Å²) in [5, 5.41) is 15.8. The van der Waals surface area contributed by atoms with Crippen LogP contribution in [0.4, 0.5) is 0 Å². The van der Waals surface area contributed by atoms with Crippen LogP contribution in [0, 0.1) is 34.6 Å². The number of carbonyl (C=O) groups excluding carboxylic acids is 3. The molecule has 302 valence electrons. The van der Waals surface area contributed by atoms with Crippen molar-refractivity contribution in [2.45, 2.75) is 73.1 Å². The lowest BCUT2D eigenvalue weighted by molar-refractivity contribution is -0.367. The molecule has 6 aromatic rings. The van der Waals surface area contributed by atoms with Crippen LogP contribution in [0.5, 0.6) is 0 Å². The van der Waals surface area contributed by atoms with Crippen molar-refractivity contribution in [3.63, 3.8) is 0 Å². The number of carbonyl (C=O) groups is 3. The second-order valence-electron chi connectivity index (χ2n) is 15.1. The zero-order valence-corrected chi connectivity index (χ0v) is 35.0. The van der Waals surface area contributed by atoms with Crippen molar-refractivity contribution in [2.24, 2.45) is 0 Å². The average molecular weight is 779 g/mol. The number of aryl methyl sites for hydroxylation is 6. The molecule has 0 radical (unpaired) electrons. The van der Waals surface area contributed by atoms with Gasteiger partial charge in [0.15, 0.2) is 5.78 Å². The molecule has 0 aromatic heterocycles. The number of amides is 1. The molecule has 1 amide bonds. The molecule has 0 saturated carbocycles. The summed E-state index contributed by atoms with van der Waals surface area (Å²) < 4.78 is 0. The highest BCUT2D eigenvalue weighted by Gasteiger charge is 2.20. The van der Waals surface area contributed by atoms with Gasteiger partial charge in [0.25, 0.3) is 5.91 Å². The van der Waals surface area contributed by atoms with Crippen molar-refractivity contribution in [2.75, 3.05) is 19.6 Å². The molecular formula is C51H60N3O4+. The van der Waals surface area contributed by atoms with E-state index in [2.05, 4.69) is 91.3 Å². The Balaban J connectivity index is 0.000000301. The maximum atomic E-state index is 13.3. The predicted molar refractivity (Wildman–Crippen MR) is 234 cm³/mol. The second kappa shape index (κ2) is 22.7. The molecule has 0 atom stereocenters. The normalized spacial score (nSPS) is 10.5. The van der Waals surface area contributed by atoms with Crippen molar-refractivity contribution < 1.29 is 31.0 Å². The number of hydrogen-bond acceptors (Lipinski definition) is 4. The first-order valence-corrected chi connectivity index (χ1v) is 20.3. The van der Waals surface area contributed by atoms with Crippen molar-refractivity contribution in [1.29, 1.82) is 0 Å². The van der Waals surface area contributed by atoms with E-state index in [0.717, 1.165) is 54.6 Å². The highest BCUT2D eigenvalue weighted by atomic mass is 16.4. The number of hydrogen-bond donors (Lipinski definition) is 3. The van der Waals surface area contributed by atoms with E-state index in [-0.39, 0.29) is 29.1 Å². The number of Topliss-reactive ketones (excluding diaryl/α,β-unsaturated/α-hetero) is 1. The van der Waals surface area contributed by atoms with E-state index in [1.165, 1.54) is 39.9 Å². The third-order valence-corrected chi connectivity index (χ3v) is 9.96. The third-order valence-electron chi connectivity index (χ3n) is 9.96. The first kappa shape index (κ1) is 44.8. The standard InChI is InChI=1S/C33H33NO4.2C9H13N/c1-21-7-4-9-24(19-21)11-6-12-29(35)26-14-13-23(3)30-27(15-16-28(31(26)30)33(37)38)32(36)34-18-17-25-10-5-8-22(2)20-25;2*1-8-3-2-4-9(7-8)5-6-10/h4-5,7-10,13-16,19-20H,6,11-12,17-18H2,1-3H3,(H,34,36)(H,37,38);2*2-4,7H,5-6,10H2,1H3/p+1. The van der Waals surface area contributed by atoms with Crippen LogP contribution in [0.1, 0.15) is 94.0 Å². The number of rotatable bonds is 14. The van der Waals surface area contributed by atoms with Crippen molar-refractivity contribution in [3.05, 3.63) is 188 Å². The Hall–Kier alpha value is -5.89. The van der Waals surface area contributed by atoms with Crippen LogP contribution in [-0.4, -0.2) is 37.3 Å². The Morgan fingerprint density at radius 2 is 0.948 bits per heavy atom. The molecule has 6 rings (SSSR count). The second-order valence-corrected chi connectivity index (χ2v) is 15.1. The highest BCUT2D eigenvalue weighted by Crippen LogP contribution is 2.31. The van der Waals surface area contributed by atoms with Crippen molar-refractivity contribution in [1.82, 2.24) is 5.32 Å². The summed E-state index contributed by atoms with van der Waals surface area (Å²) in [7, 11) is 0. The summed E-state index contributed by atoms with van der Waals surface area (Å²) in [5.41, 5.74) is 19.0. The summed E-state index contributed by atoms with van der Waals surface area (Å²) in [6.45, 7) is 12.5. The van der Waals surface area contributed by atoms with Crippen molar-refractivity contribution >= 4 is 28.4 Å². The SMILES string of the molecule is Cc1cccc(CCCC(=O)c2ccc(C)c3c(C(=O)NCCc4cccc(C)c4)ccc(C(=O)[O-])c23)c1.Cc1cccc(CC[NH3+])c1.Cc1cccc(CC[NH3+])c1. The van der Waals surface area contributed by atoms with Gasteiger partial charge in [0, 0.05) is 47.9 Å². The van der Waals surface area contributed by atoms with E-state index >= 15 is 0 Å². The number of aromatic carboxylic acids is 1. The van der Waals surface area contributed by atoms with Crippen LogP contribution in [0.25, 0.3) is 10.8 Å². The minimum Gasteiger partial charge on any atom is -0.545 e. The Morgan fingerprint density at radius 3 is 1.40 bits per heavy atom. The summed E-state index contributed by atoms with van der Waals surface area (Å²) >= 11 is 0. The smallest absolute Gasteiger partial charge is 0.251 e. The van der Waals surface area contributed by atoms with Gasteiger partial charge in [0.05, 0.1) is 19.1 Å². The molecule has 6 aromatic carbocycles. The van der Waals surface area contributed by atoms with Gasteiger partial charge in [-0.25, -0.2) is 0 Å². The Bertz CT molecular complexity index is 2260. The van der Waals surface area contributed by atoms with Crippen LogP contribution in [0.15, 0.2) is 121 Å². The van der Waals surface area contributed by atoms with E-state index in [1.807, 2.05) is 57.2 Å². The molecule has 7 N–H and O–H groups in total. The zero-order chi connectivity index (χ0) is 42.0. The van der Waals surface area contributed by atoms with Crippen LogP contribution >= 0.6 is 0 Å². The topological polar surface area (TPSA) is 142 Å². The minimum atomic E-state index is -1.37. The summed E-state index contributed by atoms with van der Waals surface area (Å²) in [5.74, 6) is -1.83. The number of ketones is 1. The molecule has 7 heteroatoms. The van der Waals surface area contributed by atoms with E-state index in [4.69, 9.17) is 0 Å². The molecule has 7 nitrogen and oxygen atoms in total. The van der Waals surface area contributed by atoms with Gasteiger partial charge in [-0.05, 0) is 93.2 Å². The van der Waals surface area contributed by atoms with Crippen molar-refractivity contribution in [3.8, 4) is 0 Å². The molecule has 0 unspecified atom stereocenters. The summed E-state index contributed by atoms with van der Waals surface area (Å²) in [6.07, 6.45) is 4.53. The summed E-state index contributed by atoms with van der Waals surface area (Å²) in [6, 6.07) is 39.8. The first-order chi connectivity index (χ1) is 27.9. The highest BCUT2D eigenvalue weighted by molar-refractivity contribution is 6.20. The number of benzene rings is 6. The summed E-state index contributed by atoms with van der Waals surface area (Å²) in [4.78, 5) is 38.6. The largest absolute Gasteiger partial charge is 0.545 e. The molecule has 0 aliphatic heterocycles. The number of nitrogens with one attached hydrogen (secondary N) is 1. The van der Waals surface area contributed by atoms with Crippen LogP contribution in [0.2, 0.25) is 0 Å². The van der Waals surface area contributed by atoms with Gasteiger partial charge in [-0.2, -0.15) is 0 Å². The zero-order valence-electron chi connectivity index (χ0n) is 35.0. The predicted octanol–water partition coefficient (Wildman–Crippen LogP) is 6.87. The molecule has 0 aliphatic rings. The van der Waals surface area contributed by atoms with E-state index in [1.54, 1.807) is 12.1 Å². The first-order valence-electron chi connectivity index (χ1n) is 20.3. The molecule has 0 aliphatic carbocycles. The molecule has 0 fully saturated rings. The lowest BCUT2D eigenvalue weighted by atomic mass is 9.89. The molecule has 0 spiro atoms. The lowest BCUT2D eigenvalue weighted by Gasteiger charge is -2.17. The fourth-order valence-corrected chi connectivity index (χ4v) is 7.14. The van der Waals surface area contributed by atoms with Crippen LogP contribution < -0.4 is 21.9 Å². The molecule has 0 bridgehead atoms. The van der Waals surface area contributed by atoms with Crippen LogP contribution in [-0.2, 0) is 25.7 Å². The fraction of sp³-hybridized carbons (Fsp3) is 0.275. The molecule has 0 saturated heterocycles. The molecule has 0 heterocycles. The van der Waals surface area contributed by atoms with Gasteiger partial charge in [0.2, 0.25) is 0 Å². The van der Waals surface area contributed by atoms with Gasteiger partial charge in [-0.1, -0.05) is 138 Å². The Kier molecular flexibility index (Phi) is 17.6. The number of quaternary nitrogens is 2. The maximum Gasteiger partial charge on any atom is 0.251 e. The van der Waals surface area contributed by atoms with Gasteiger partial charge in [-0.3, -0.25) is 9.59 Å². The number of carboxylic acids is 1. The fourth-order valence-electron chi connectivity index (χ4n) is 7.14. The quantitative estimate of drug-likeness (QED) is 0.104.